The second kappa shape index (κ2) is 28.4. The summed E-state index contributed by atoms with van der Waals surface area (Å²) in [5.74, 6) is -7.28. The number of hydrogen-bond donors (Lipinski definition) is 10. The van der Waals surface area contributed by atoms with Gasteiger partial charge in [0.1, 0.15) is 36.0 Å². The van der Waals surface area contributed by atoms with Crippen LogP contribution < -0.4 is 43.0 Å². The first-order valence-electron chi connectivity index (χ1n) is 24.3. The van der Waals surface area contributed by atoms with Crippen LogP contribution in [-0.4, -0.2) is 155 Å². The number of nitrogens with zero attached hydrogens (tertiary/aromatic N) is 1. The molecular weight excluding hydrogens is 1020 g/mol. The molecule has 5 rings (SSSR count). The van der Waals surface area contributed by atoms with Crippen LogP contribution >= 0.6 is 11.8 Å². The molecule has 0 radical (unpaired) electrons. The largest absolute Gasteiger partial charge is 0.508 e. The third-order valence-corrected chi connectivity index (χ3v) is 12.6. The van der Waals surface area contributed by atoms with Crippen LogP contribution in [-0.2, 0) is 44.8 Å². The second-order valence-electron chi connectivity index (χ2n) is 18.4. The first kappa shape index (κ1) is 61.0. The number of amides is 7. The maximum Gasteiger partial charge on any atom is 0.490 e. The molecule has 7 amide bonds. The molecule has 2 aliphatic rings. The molecule has 1 fully saturated rings. The molecule has 11 N–H and O–H groups in total. The number of nitrogens with one attached hydrogen (secondary N) is 7. The Hall–Kier alpha value is -7.54. The topological polar surface area (TPSA) is 325 Å². The maximum absolute atomic E-state index is 14.0. The van der Waals surface area contributed by atoms with Gasteiger partial charge in [-0.25, -0.2) is 4.79 Å². The summed E-state index contributed by atoms with van der Waals surface area (Å²) in [5.41, 5.74) is 8.09. The zero-order valence-corrected chi connectivity index (χ0v) is 43.3. The monoisotopic (exact) mass is 1080 g/mol. The van der Waals surface area contributed by atoms with Crippen LogP contribution in [0.5, 0.6) is 5.75 Å². The van der Waals surface area contributed by atoms with Crippen molar-refractivity contribution in [3.63, 3.8) is 0 Å². The minimum atomic E-state index is -5.08. The fraction of sp³-hybridized carbons (Fsp3) is 0.451. The highest BCUT2D eigenvalue weighted by atomic mass is 32.2. The number of likely N-dealkylation sites (tertiary alicyclic amines) is 1. The summed E-state index contributed by atoms with van der Waals surface area (Å²) in [6.45, 7) is 7.08. The molecule has 0 spiro atoms. The Morgan fingerprint density at radius 3 is 1.97 bits per heavy atom. The normalized spacial score (nSPS) is 15.7. The van der Waals surface area contributed by atoms with Gasteiger partial charge in [-0.3, -0.25) is 43.2 Å². The third-order valence-electron chi connectivity index (χ3n) is 11.9. The van der Waals surface area contributed by atoms with Gasteiger partial charge in [0.2, 0.25) is 41.4 Å². The number of anilines is 1. The Labute approximate surface area is 440 Å². The van der Waals surface area contributed by atoms with E-state index in [2.05, 4.69) is 37.2 Å². The molecule has 1 saturated heterocycles. The predicted molar refractivity (Wildman–Crippen MR) is 274 cm³/mol. The molecule has 1 aliphatic heterocycles. The summed E-state index contributed by atoms with van der Waals surface area (Å²) in [6.07, 6.45) is -1.68. The van der Waals surface area contributed by atoms with Crippen molar-refractivity contribution in [1.82, 2.24) is 36.8 Å². The molecule has 3 aromatic rings. The number of nitrogens with two attached hydrogens (primary N) is 1. The van der Waals surface area contributed by atoms with Crippen molar-refractivity contribution in [3.05, 3.63) is 94.5 Å². The van der Waals surface area contributed by atoms with E-state index in [9.17, 15) is 61.4 Å². The molecule has 0 saturated carbocycles. The van der Waals surface area contributed by atoms with Crippen LogP contribution in [0.3, 0.4) is 0 Å². The summed E-state index contributed by atoms with van der Waals surface area (Å²) in [7, 11) is 0. The zero-order valence-electron chi connectivity index (χ0n) is 42.5. The number of aliphatic carboxylic acids is 1. The number of phenols is 1. The van der Waals surface area contributed by atoms with E-state index in [-0.39, 0.29) is 54.3 Å². The third kappa shape index (κ3) is 17.5. The summed E-state index contributed by atoms with van der Waals surface area (Å²) in [5, 5.41) is 36.1. The van der Waals surface area contributed by atoms with Crippen LogP contribution in [0.4, 0.5) is 18.9 Å². The van der Waals surface area contributed by atoms with Crippen LogP contribution in [0.2, 0.25) is 0 Å². The van der Waals surface area contributed by atoms with Crippen molar-refractivity contribution in [2.45, 2.75) is 102 Å². The molecule has 0 bridgehead atoms. The van der Waals surface area contributed by atoms with Crippen molar-refractivity contribution in [2.75, 3.05) is 43.5 Å². The number of phenolic OH excluding ortho intramolecular Hbond substituents is 1. The van der Waals surface area contributed by atoms with Crippen molar-refractivity contribution in [2.24, 2.45) is 11.7 Å². The lowest BCUT2D eigenvalue weighted by Gasteiger charge is -2.29. The second-order valence-corrected chi connectivity index (χ2v) is 19.3. The van der Waals surface area contributed by atoms with Gasteiger partial charge in [0.25, 0.3) is 0 Å². The van der Waals surface area contributed by atoms with Crippen LogP contribution in [0.1, 0.15) is 90.8 Å². The average molecular weight is 1080 g/mol. The molecule has 21 nitrogen and oxygen atoms in total. The smallest absolute Gasteiger partial charge is 0.490 e. The van der Waals surface area contributed by atoms with Gasteiger partial charge in [-0.15, -0.1) is 0 Å². The molecule has 3 aromatic carbocycles. The number of benzene rings is 3. The molecule has 25 heteroatoms. The molecular formula is C51H64F3N9O12S. The lowest BCUT2D eigenvalue weighted by Crippen LogP contribution is -2.58. The molecule has 76 heavy (non-hydrogen) atoms. The molecule has 1 heterocycles. The average Bonchev–Trinajstić information content (AvgIpc) is 3.87. The number of rotatable bonds is 23. The van der Waals surface area contributed by atoms with E-state index >= 15 is 0 Å². The summed E-state index contributed by atoms with van der Waals surface area (Å²) in [4.78, 5) is 130. The molecule has 6 atom stereocenters. The standard InChI is InChI=1S/C49H63N9O10S.C2HF3O2/c1-27(2)23-37(49(68)58-22-9-15-39(58)48(67)52-21-10-20-51-35-14-8-13-34-41(35)43(62)33-12-7-6-11-32(33)42(34)61)55-40(60)25-53-46(65)38(26-69-5)57-47(66)36(24-30-16-18-31(59)19-17-30)56-45(64)29(4)54-44(63)28(3)50;3-2(4,5)1(6)7/h6-8,11-14,16-19,27-29,36-39,51,59H,9-10,15,20-26,50H2,1-5H3,(H,52,67)(H,53,65)(H,54,63)(H,55,60)(H,56,64)(H,57,66);(H,6,7)/t28-,29-,36-,37-,38-,39-;/m0./s1. The van der Waals surface area contributed by atoms with Gasteiger partial charge in [-0.05, 0) is 75.5 Å². The van der Waals surface area contributed by atoms with E-state index in [1.54, 1.807) is 60.9 Å². The minimum Gasteiger partial charge on any atom is -0.508 e. The fourth-order valence-electron chi connectivity index (χ4n) is 8.07. The number of ketones is 2. The van der Waals surface area contributed by atoms with E-state index in [1.807, 2.05) is 13.8 Å². The van der Waals surface area contributed by atoms with E-state index in [0.717, 1.165) is 0 Å². The fourth-order valence-corrected chi connectivity index (χ4v) is 8.64. The highest BCUT2D eigenvalue weighted by Crippen LogP contribution is 2.32. The number of halogens is 3. The molecule has 0 aromatic heterocycles. The van der Waals surface area contributed by atoms with Crippen molar-refractivity contribution in [1.29, 1.82) is 0 Å². The van der Waals surface area contributed by atoms with Gasteiger partial charge in [-0.1, -0.05) is 62.4 Å². The molecule has 412 valence electrons. The quantitative estimate of drug-likeness (QED) is 0.0474. The Morgan fingerprint density at radius 2 is 1.37 bits per heavy atom. The lowest BCUT2D eigenvalue weighted by molar-refractivity contribution is -0.192. The van der Waals surface area contributed by atoms with Gasteiger partial charge in [0.05, 0.1) is 18.2 Å². The van der Waals surface area contributed by atoms with Crippen molar-refractivity contribution < 1.29 is 71.3 Å². The number of hydrogen-bond acceptors (Lipinski definition) is 14. The summed E-state index contributed by atoms with van der Waals surface area (Å²) >= 11 is 1.25. The van der Waals surface area contributed by atoms with Gasteiger partial charge >= 0.3 is 12.1 Å². The van der Waals surface area contributed by atoms with Gasteiger partial charge in [0, 0.05) is 54.2 Å². The SMILES string of the molecule is CSC[C@H](NC(=O)[C@H](Cc1ccc(O)cc1)NC(=O)[C@H](C)NC(=O)[C@H](C)N)C(=O)NCC(=O)N[C@@H](CC(C)C)C(=O)N1CCC[C@H]1C(=O)NCCCNc1cccc2c1C(=O)c1ccccc1C2=O.O=C(O)C(F)(F)F. The Bertz CT molecular complexity index is 2620. The van der Waals surface area contributed by atoms with Crippen molar-refractivity contribution >= 4 is 76.3 Å². The lowest BCUT2D eigenvalue weighted by atomic mass is 9.83. The highest BCUT2D eigenvalue weighted by molar-refractivity contribution is 7.98. The number of alkyl halides is 3. The van der Waals surface area contributed by atoms with Gasteiger partial charge < -0.3 is 58.1 Å². The maximum atomic E-state index is 14.0. The molecule has 0 unspecified atom stereocenters. The summed E-state index contributed by atoms with van der Waals surface area (Å²) in [6, 6.07) is 11.7. The number of carboxylic acids is 1. The number of aromatic hydroxyl groups is 1. The summed E-state index contributed by atoms with van der Waals surface area (Å²) < 4.78 is 31.7. The minimum absolute atomic E-state index is 0.00566. The van der Waals surface area contributed by atoms with E-state index in [0.29, 0.717) is 65.9 Å². The van der Waals surface area contributed by atoms with E-state index in [4.69, 9.17) is 15.6 Å². The number of carboxylic acid groups (broad SMARTS) is 1. The zero-order chi connectivity index (χ0) is 56.4. The Balaban J connectivity index is 0.00000166. The van der Waals surface area contributed by atoms with Crippen LogP contribution in [0, 0.1) is 5.92 Å². The highest BCUT2D eigenvalue weighted by Gasteiger charge is 2.39. The number of fused-ring (bicyclic) bond motifs is 2. The van der Waals surface area contributed by atoms with Crippen LogP contribution in [0.15, 0.2) is 66.7 Å². The van der Waals surface area contributed by atoms with Gasteiger partial charge in [-0.2, -0.15) is 24.9 Å². The molecule has 1 aliphatic carbocycles. The van der Waals surface area contributed by atoms with Crippen molar-refractivity contribution in [3.8, 4) is 5.75 Å². The number of thioether (sulfide) groups is 1. The van der Waals surface area contributed by atoms with E-state index < -0.39 is 90.4 Å². The first-order chi connectivity index (χ1) is 35.8. The predicted octanol–water partition coefficient (Wildman–Crippen LogP) is 1.78. The number of carbonyl (C=O) groups is 10. The first-order valence-corrected chi connectivity index (χ1v) is 25.7. The van der Waals surface area contributed by atoms with Gasteiger partial charge in [0.15, 0.2) is 11.6 Å². The van der Waals surface area contributed by atoms with E-state index in [1.165, 1.54) is 42.6 Å². The Kier molecular flexibility index (Phi) is 22.8. The number of carbonyl (C=O) groups excluding carboxylic acids is 9. The van der Waals surface area contributed by atoms with Crippen LogP contribution in [0.25, 0.3) is 0 Å². The Morgan fingerprint density at radius 1 is 0.750 bits per heavy atom.